The van der Waals surface area contributed by atoms with Crippen LogP contribution in [0.2, 0.25) is 0 Å². The lowest BCUT2D eigenvalue weighted by Crippen LogP contribution is -2.38. The molecule has 0 atom stereocenters. The van der Waals surface area contributed by atoms with Crippen molar-refractivity contribution in [2.45, 2.75) is 19.3 Å². The fourth-order valence-electron chi connectivity index (χ4n) is 1.25. The Morgan fingerprint density at radius 3 is 2.33 bits per heavy atom. The maximum Gasteiger partial charge on any atom is 0.226 e. The molecule has 66 valence electrons. The Balaban J connectivity index is 2.49. The first-order valence-electron chi connectivity index (χ1n) is 3.62. The van der Waals surface area contributed by atoms with E-state index in [1.807, 2.05) is 0 Å². The van der Waals surface area contributed by atoms with Gasteiger partial charge in [0.1, 0.15) is 0 Å². The van der Waals surface area contributed by atoms with Gasteiger partial charge in [0.05, 0.1) is 0 Å². The topological polar surface area (TPSA) is 63.2 Å². The molecule has 1 rings (SSSR count). The summed E-state index contributed by atoms with van der Waals surface area (Å²) in [6, 6.07) is 0. The van der Waals surface area contributed by atoms with Crippen molar-refractivity contribution in [3.63, 3.8) is 0 Å². The highest BCUT2D eigenvalue weighted by molar-refractivity contribution is 7.96. The fraction of sp³-hybridized carbons (Fsp3) is 0.571. The van der Waals surface area contributed by atoms with Gasteiger partial charge in [0.25, 0.3) is 0 Å². The van der Waals surface area contributed by atoms with Crippen LogP contribution in [0.5, 0.6) is 0 Å². The summed E-state index contributed by atoms with van der Waals surface area (Å²) in [7, 11) is 0. The molecule has 1 saturated heterocycles. The fourth-order valence-corrected chi connectivity index (χ4v) is 1.50. The zero-order valence-electron chi connectivity index (χ0n) is 6.37. The maximum absolute atomic E-state index is 10.8. The number of rotatable bonds is 2. The summed E-state index contributed by atoms with van der Waals surface area (Å²) in [5, 5.41) is 1.89. The summed E-state index contributed by atoms with van der Waals surface area (Å²) in [6.07, 6.45) is 0.693. The van der Waals surface area contributed by atoms with Crippen LogP contribution in [0.25, 0.3) is 0 Å². The molecule has 0 saturated carbocycles. The van der Waals surface area contributed by atoms with Gasteiger partial charge in [-0.1, -0.05) is 0 Å². The minimum Gasteiger partial charge on any atom is -0.296 e. The van der Waals surface area contributed by atoms with Crippen LogP contribution in [0.15, 0.2) is 0 Å². The second kappa shape index (κ2) is 3.71. The van der Waals surface area contributed by atoms with Gasteiger partial charge in [-0.3, -0.25) is 19.7 Å². The highest BCUT2D eigenvalue weighted by atomic mass is 32.1. The Hall–Kier alpha value is -0.840. The first kappa shape index (κ1) is 9.25. The standard InChI is InChI=1S/C7H9NO3S/c9-5-1-4(3-7(11)12)2-6(10)8-5/h4H,1-3H2,(H,11,12)(H,8,9,10). The van der Waals surface area contributed by atoms with Gasteiger partial charge in [-0.05, 0) is 5.92 Å². The molecule has 0 radical (unpaired) electrons. The number of carbonyl (C=O) groups excluding carboxylic acids is 3. The van der Waals surface area contributed by atoms with Gasteiger partial charge in [0, 0.05) is 19.3 Å². The van der Waals surface area contributed by atoms with Crippen molar-refractivity contribution in [2.24, 2.45) is 5.92 Å². The lowest BCUT2D eigenvalue weighted by atomic mass is 9.94. The molecule has 0 aromatic rings. The van der Waals surface area contributed by atoms with Crippen LogP contribution < -0.4 is 5.32 Å². The zero-order chi connectivity index (χ0) is 9.14. The summed E-state index contributed by atoms with van der Waals surface area (Å²) < 4.78 is 0. The van der Waals surface area contributed by atoms with E-state index in [0.717, 1.165) is 0 Å². The van der Waals surface area contributed by atoms with Crippen molar-refractivity contribution >= 4 is 29.6 Å². The number of hydrogen-bond donors (Lipinski definition) is 2. The van der Waals surface area contributed by atoms with Gasteiger partial charge < -0.3 is 0 Å². The molecule has 0 bridgehead atoms. The first-order valence-corrected chi connectivity index (χ1v) is 4.07. The van der Waals surface area contributed by atoms with Crippen molar-refractivity contribution in [3.05, 3.63) is 0 Å². The molecule has 0 unspecified atom stereocenters. The van der Waals surface area contributed by atoms with Crippen LogP contribution >= 0.6 is 12.6 Å². The summed E-state index contributed by atoms with van der Waals surface area (Å²) >= 11 is 3.59. The lowest BCUT2D eigenvalue weighted by molar-refractivity contribution is -0.135. The molecule has 0 spiro atoms. The predicted molar refractivity (Wildman–Crippen MR) is 44.5 cm³/mol. The highest BCUT2D eigenvalue weighted by Crippen LogP contribution is 2.18. The average Bonchev–Trinajstić information content (AvgIpc) is 1.81. The molecular formula is C7H9NO3S. The highest BCUT2D eigenvalue weighted by Gasteiger charge is 2.25. The minimum absolute atomic E-state index is 0.156. The molecule has 2 amide bonds. The molecule has 1 fully saturated rings. The van der Waals surface area contributed by atoms with Crippen molar-refractivity contribution < 1.29 is 14.4 Å². The van der Waals surface area contributed by atoms with Crippen LogP contribution in [0.1, 0.15) is 19.3 Å². The molecule has 1 N–H and O–H groups in total. The molecule has 1 heterocycles. The molecule has 1 aliphatic heterocycles. The number of piperidine rings is 1. The quantitative estimate of drug-likeness (QED) is 0.468. The zero-order valence-corrected chi connectivity index (χ0v) is 7.27. The molecule has 0 aromatic heterocycles. The average molecular weight is 187 g/mol. The van der Waals surface area contributed by atoms with E-state index in [2.05, 4.69) is 17.9 Å². The van der Waals surface area contributed by atoms with Crippen LogP contribution in [-0.2, 0) is 14.4 Å². The number of amides is 2. The number of carbonyl (C=O) groups is 3. The van der Waals surface area contributed by atoms with Crippen LogP contribution in [0.3, 0.4) is 0 Å². The molecule has 0 aromatic carbocycles. The monoisotopic (exact) mass is 187 g/mol. The third-order valence-electron chi connectivity index (χ3n) is 1.69. The maximum atomic E-state index is 10.8. The molecule has 0 aliphatic carbocycles. The van der Waals surface area contributed by atoms with Crippen molar-refractivity contribution in [2.75, 3.05) is 0 Å². The second-order valence-electron chi connectivity index (χ2n) is 2.84. The SMILES string of the molecule is O=C(S)CC1CC(=O)NC(=O)C1. The Labute approximate surface area is 75.1 Å². The molecule has 5 heteroatoms. The van der Waals surface area contributed by atoms with Crippen molar-refractivity contribution in [1.29, 1.82) is 0 Å². The summed E-state index contributed by atoms with van der Waals surface area (Å²) in [4.78, 5) is 32.1. The molecular weight excluding hydrogens is 178 g/mol. The summed E-state index contributed by atoms with van der Waals surface area (Å²) in [6.45, 7) is 0. The van der Waals surface area contributed by atoms with E-state index in [0.29, 0.717) is 0 Å². The van der Waals surface area contributed by atoms with E-state index in [-0.39, 0.29) is 42.1 Å². The molecule has 12 heavy (non-hydrogen) atoms. The van der Waals surface area contributed by atoms with Crippen LogP contribution in [0, 0.1) is 5.92 Å². The largest absolute Gasteiger partial charge is 0.296 e. The summed E-state index contributed by atoms with van der Waals surface area (Å²) in [5.74, 6) is -0.757. The van der Waals surface area contributed by atoms with E-state index in [1.54, 1.807) is 0 Å². The smallest absolute Gasteiger partial charge is 0.226 e. The number of hydrogen-bond acceptors (Lipinski definition) is 3. The first-order chi connectivity index (χ1) is 5.58. The third kappa shape index (κ3) is 2.65. The van der Waals surface area contributed by atoms with E-state index in [1.165, 1.54) is 0 Å². The third-order valence-corrected chi connectivity index (χ3v) is 1.87. The number of imide groups is 1. The van der Waals surface area contributed by atoms with E-state index < -0.39 is 0 Å². The van der Waals surface area contributed by atoms with E-state index >= 15 is 0 Å². The number of nitrogens with one attached hydrogen (secondary N) is 1. The van der Waals surface area contributed by atoms with Crippen LogP contribution in [0.4, 0.5) is 0 Å². The number of thiol groups is 1. The molecule has 4 nitrogen and oxygen atoms in total. The van der Waals surface area contributed by atoms with Gasteiger partial charge in [0.2, 0.25) is 11.8 Å². The predicted octanol–water partition coefficient (Wildman–Crippen LogP) is -0.114. The lowest BCUT2D eigenvalue weighted by Gasteiger charge is -2.18. The van der Waals surface area contributed by atoms with Gasteiger partial charge >= 0.3 is 0 Å². The Bertz CT molecular complexity index is 220. The Kier molecular flexibility index (Phi) is 2.86. The Morgan fingerprint density at radius 2 is 1.92 bits per heavy atom. The second-order valence-corrected chi connectivity index (χ2v) is 3.34. The minimum atomic E-state index is -0.300. The van der Waals surface area contributed by atoms with Crippen molar-refractivity contribution in [3.8, 4) is 0 Å². The van der Waals surface area contributed by atoms with Gasteiger partial charge in [0.15, 0.2) is 5.12 Å². The normalized spacial score (nSPS) is 19.1. The van der Waals surface area contributed by atoms with Gasteiger partial charge in [-0.15, -0.1) is 12.6 Å². The van der Waals surface area contributed by atoms with Gasteiger partial charge in [-0.2, -0.15) is 0 Å². The van der Waals surface area contributed by atoms with E-state index in [9.17, 15) is 14.4 Å². The van der Waals surface area contributed by atoms with Crippen LogP contribution in [-0.4, -0.2) is 16.9 Å². The Morgan fingerprint density at radius 1 is 1.42 bits per heavy atom. The molecule has 1 aliphatic rings. The van der Waals surface area contributed by atoms with Crippen molar-refractivity contribution in [1.82, 2.24) is 5.32 Å². The van der Waals surface area contributed by atoms with E-state index in [4.69, 9.17) is 0 Å². The van der Waals surface area contributed by atoms with Gasteiger partial charge in [-0.25, -0.2) is 0 Å². The summed E-state index contributed by atoms with van der Waals surface area (Å²) in [5.41, 5.74) is 0.